The van der Waals surface area contributed by atoms with Crippen molar-refractivity contribution in [2.75, 3.05) is 0 Å². The van der Waals surface area contributed by atoms with Crippen LogP contribution in [0.4, 0.5) is 0 Å². The molecule has 2 N–H and O–H groups in total. The second kappa shape index (κ2) is 3.74. The minimum Gasteiger partial charge on any atom is -0.389 e. The lowest BCUT2D eigenvalue weighted by molar-refractivity contribution is 0.511. The van der Waals surface area contributed by atoms with Gasteiger partial charge in [-0.2, -0.15) is 0 Å². The fraction of sp³-hybridized carbons (Fsp3) is 0.875. The Labute approximate surface area is 82.2 Å². The number of hydrogen-bond acceptors (Lipinski definition) is 1. The van der Waals surface area contributed by atoms with Gasteiger partial charge in [-0.25, -0.2) is 0 Å². The first kappa shape index (κ1) is 11.9. The highest BCUT2D eigenvalue weighted by atomic mass is 32.1. The van der Waals surface area contributed by atoms with Crippen LogP contribution in [0, 0.1) is 0 Å². The van der Waals surface area contributed by atoms with Gasteiger partial charge in [0, 0.05) is 5.54 Å². The van der Waals surface area contributed by atoms with Gasteiger partial charge in [-0.1, -0.05) is 19.6 Å². The van der Waals surface area contributed by atoms with E-state index in [9.17, 15) is 0 Å². The van der Waals surface area contributed by atoms with Crippen molar-refractivity contribution in [3.63, 3.8) is 0 Å². The van der Waals surface area contributed by atoms with Crippen molar-refractivity contribution >= 4 is 25.6 Å². The predicted molar refractivity (Wildman–Crippen MR) is 62.0 cm³/mol. The van der Waals surface area contributed by atoms with E-state index in [0.717, 1.165) is 5.11 Å². The van der Waals surface area contributed by atoms with Gasteiger partial charge in [0.2, 0.25) is 0 Å². The van der Waals surface area contributed by atoms with Gasteiger partial charge >= 0.3 is 0 Å². The Balaban J connectivity index is 3.92. The van der Waals surface area contributed by atoms with Crippen LogP contribution in [0.25, 0.3) is 0 Å². The van der Waals surface area contributed by atoms with E-state index in [0.29, 0.717) is 0 Å². The molecule has 0 unspecified atom stereocenters. The predicted octanol–water partition coefficient (Wildman–Crippen LogP) is 2.08. The fourth-order valence-electron chi connectivity index (χ4n) is 0.712. The molecule has 0 radical (unpaired) electrons. The largest absolute Gasteiger partial charge is 0.389 e. The Hall–Kier alpha value is -0.0931. The van der Waals surface area contributed by atoms with Gasteiger partial charge in [0.25, 0.3) is 0 Å². The van der Waals surface area contributed by atoms with E-state index in [-0.39, 0.29) is 5.54 Å². The molecular weight excluding hydrogens is 184 g/mol. The summed E-state index contributed by atoms with van der Waals surface area (Å²) in [6, 6.07) is 0. The van der Waals surface area contributed by atoms with Gasteiger partial charge in [0.15, 0.2) is 5.11 Å². The van der Waals surface area contributed by atoms with Crippen molar-refractivity contribution in [1.29, 1.82) is 0 Å². The molecule has 0 spiro atoms. The molecular formula is C8H20N2SSi. The van der Waals surface area contributed by atoms with E-state index in [2.05, 4.69) is 50.7 Å². The van der Waals surface area contributed by atoms with Crippen LogP contribution in [-0.4, -0.2) is 18.9 Å². The smallest absolute Gasteiger partial charge is 0.158 e. The maximum atomic E-state index is 5.16. The molecule has 0 aromatic rings. The van der Waals surface area contributed by atoms with Gasteiger partial charge in [-0.3, -0.25) is 0 Å². The molecule has 12 heavy (non-hydrogen) atoms. The number of thiocarbonyl (C=S) groups is 1. The van der Waals surface area contributed by atoms with Crippen LogP contribution in [0.2, 0.25) is 19.6 Å². The summed E-state index contributed by atoms with van der Waals surface area (Å²) in [4.78, 5) is 3.33. The molecule has 0 aromatic carbocycles. The molecule has 0 aliphatic heterocycles. The topological polar surface area (TPSA) is 24.1 Å². The standard InChI is InChI=1S/C8H20N2SSi/c1-8(2,3)9-7(11)10-12(4,5)6/h1-6H3,(H2,9,10,11). The Kier molecular flexibility index (Phi) is 3.72. The molecule has 2 nitrogen and oxygen atoms in total. The van der Waals surface area contributed by atoms with Crippen molar-refractivity contribution in [2.24, 2.45) is 0 Å². The maximum Gasteiger partial charge on any atom is 0.158 e. The second-order valence-electron chi connectivity index (χ2n) is 5.08. The summed E-state index contributed by atoms with van der Waals surface area (Å²) >= 11 is 5.16. The molecule has 0 aliphatic carbocycles. The highest BCUT2D eigenvalue weighted by molar-refractivity contribution is 7.80. The van der Waals surface area contributed by atoms with Crippen LogP contribution < -0.4 is 10.3 Å². The van der Waals surface area contributed by atoms with E-state index in [1.165, 1.54) is 0 Å². The van der Waals surface area contributed by atoms with Crippen molar-refractivity contribution in [1.82, 2.24) is 10.3 Å². The van der Waals surface area contributed by atoms with Gasteiger partial charge in [0.1, 0.15) is 8.24 Å². The lowest BCUT2D eigenvalue weighted by atomic mass is 10.1. The van der Waals surface area contributed by atoms with E-state index >= 15 is 0 Å². The quantitative estimate of drug-likeness (QED) is 0.505. The minimum atomic E-state index is -1.27. The summed E-state index contributed by atoms with van der Waals surface area (Å²) in [7, 11) is -1.27. The number of hydrogen-bond donors (Lipinski definition) is 2. The zero-order chi connectivity index (χ0) is 9.99. The zero-order valence-electron chi connectivity index (χ0n) is 8.91. The molecule has 0 saturated heterocycles. The van der Waals surface area contributed by atoms with Crippen LogP contribution in [0.1, 0.15) is 20.8 Å². The molecule has 4 heteroatoms. The summed E-state index contributed by atoms with van der Waals surface area (Å²) in [6.07, 6.45) is 0. The Morgan fingerprint density at radius 2 is 1.58 bits per heavy atom. The molecule has 0 heterocycles. The SMILES string of the molecule is CC(C)(C)NC(=S)N[Si](C)(C)C. The van der Waals surface area contributed by atoms with Crippen LogP contribution >= 0.6 is 12.2 Å². The van der Waals surface area contributed by atoms with Gasteiger partial charge < -0.3 is 10.3 Å². The zero-order valence-corrected chi connectivity index (χ0v) is 10.7. The Morgan fingerprint density at radius 3 is 1.83 bits per heavy atom. The third-order valence-electron chi connectivity index (χ3n) is 0.977. The maximum absolute atomic E-state index is 5.16. The summed E-state index contributed by atoms with van der Waals surface area (Å²) in [5, 5.41) is 4.01. The molecule has 0 rings (SSSR count). The van der Waals surface area contributed by atoms with Crippen LogP contribution in [0.3, 0.4) is 0 Å². The molecule has 0 saturated carbocycles. The Bertz CT molecular complexity index is 149. The highest BCUT2D eigenvalue weighted by Crippen LogP contribution is 2.00. The summed E-state index contributed by atoms with van der Waals surface area (Å²) in [5.41, 5.74) is 0.0593. The average Bonchev–Trinajstić information content (AvgIpc) is 1.49. The number of rotatable bonds is 1. The van der Waals surface area contributed by atoms with E-state index in [1.807, 2.05) is 0 Å². The summed E-state index contributed by atoms with van der Waals surface area (Å²) < 4.78 is 0. The molecule has 0 amide bonds. The van der Waals surface area contributed by atoms with E-state index < -0.39 is 8.24 Å². The normalized spacial score (nSPS) is 12.5. The lowest BCUT2D eigenvalue weighted by Crippen LogP contribution is -2.54. The number of nitrogens with one attached hydrogen (secondary N) is 2. The van der Waals surface area contributed by atoms with Gasteiger partial charge in [0.05, 0.1) is 0 Å². The third-order valence-corrected chi connectivity index (χ3v) is 2.36. The van der Waals surface area contributed by atoms with Crippen molar-refractivity contribution in [3.8, 4) is 0 Å². The van der Waals surface area contributed by atoms with E-state index in [1.54, 1.807) is 0 Å². The van der Waals surface area contributed by atoms with Crippen LogP contribution in [0.15, 0.2) is 0 Å². The average molecular weight is 204 g/mol. The molecule has 0 aliphatic rings. The monoisotopic (exact) mass is 204 g/mol. The third kappa shape index (κ3) is 8.01. The summed E-state index contributed by atoms with van der Waals surface area (Å²) in [6.45, 7) is 13.0. The fourth-order valence-corrected chi connectivity index (χ4v) is 2.68. The van der Waals surface area contributed by atoms with Gasteiger partial charge in [-0.15, -0.1) is 0 Å². The van der Waals surface area contributed by atoms with Crippen molar-refractivity contribution in [3.05, 3.63) is 0 Å². The second-order valence-corrected chi connectivity index (χ2v) is 10.2. The molecule has 72 valence electrons. The van der Waals surface area contributed by atoms with Crippen molar-refractivity contribution in [2.45, 2.75) is 46.0 Å². The molecule has 0 bridgehead atoms. The van der Waals surface area contributed by atoms with Gasteiger partial charge in [-0.05, 0) is 33.0 Å². The van der Waals surface area contributed by atoms with Crippen LogP contribution in [-0.2, 0) is 0 Å². The highest BCUT2D eigenvalue weighted by Gasteiger charge is 2.17. The first-order chi connectivity index (χ1) is 5.10. The first-order valence-electron chi connectivity index (χ1n) is 4.20. The van der Waals surface area contributed by atoms with E-state index in [4.69, 9.17) is 12.2 Å². The summed E-state index contributed by atoms with van der Waals surface area (Å²) in [5.74, 6) is 0. The van der Waals surface area contributed by atoms with Crippen LogP contribution in [0.5, 0.6) is 0 Å². The molecule has 0 fully saturated rings. The lowest BCUT2D eigenvalue weighted by Gasteiger charge is -2.27. The molecule has 0 atom stereocenters. The first-order valence-corrected chi connectivity index (χ1v) is 8.11. The van der Waals surface area contributed by atoms with Crippen molar-refractivity contribution < 1.29 is 0 Å². The Morgan fingerprint density at radius 1 is 1.17 bits per heavy atom. The molecule has 0 aromatic heterocycles. The minimum absolute atomic E-state index is 0.0593.